The van der Waals surface area contributed by atoms with E-state index in [0.29, 0.717) is 0 Å². The van der Waals surface area contributed by atoms with E-state index < -0.39 is 6.09 Å². The van der Waals surface area contributed by atoms with Gasteiger partial charge in [0.25, 0.3) is 0 Å². The predicted molar refractivity (Wildman–Crippen MR) is 60.2 cm³/mol. The van der Waals surface area contributed by atoms with Gasteiger partial charge in [-0.1, -0.05) is 0 Å². The summed E-state index contributed by atoms with van der Waals surface area (Å²) in [4.78, 5) is 11.5. The second kappa shape index (κ2) is 4.74. The highest BCUT2D eigenvalue weighted by molar-refractivity contribution is 8.00. The normalized spacial score (nSPS) is 23.6. The molecule has 5 heteroatoms. The summed E-state index contributed by atoms with van der Waals surface area (Å²) in [7, 11) is 0. The lowest BCUT2D eigenvalue weighted by molar-refractivity contribution is 0.183. The van der Waals surface area contributed by atoms with E-state index in [1.807, 2.05) is 0 Å². The van der Waals surface area contributed by atoms with E-state index in [1.165, 1.54) is 12.1 Å². The van der Waals surface area contributed by atoms with Gasteiger partial charge in [-0.25, -0.2) is 9.18 Å². The molecule has 86 valence electrons. The molecule has 0 radical (unpaired) electrons. The van der Waals surface area contributed by atoms with Crippen LogP contribution in [0.2, 0.25) is 0 Å². The molecule has 1 saturated carbocycles. The molecule has 0 spiro atoms. The first-order valence-electron chi connectivity index (χ1n) is 5.07. The Labute approximate surface area is 97.0 Å². The molecule has 0 aliphatic heterocycles. The predicted octanol–water partition coefficient (Wildman–Crippen LogP) is 2.72. The van der Waals surface area contributed by atoms with Crippen LogP contribution in [0.25, 0.3) is 0 Å². The second-order valence-electron chi connectivity index (χ2n) is 3.74. The Morgan fingerprint density at radius 3 is 2.56 bits per heavy atom. The van der Waals surface area contributed by atoms with Crippen molar-refractivity contribution < 1.29 is 14.3 Å². The van der Waals surface area contributed by atoms with Crippen LogP contribution in [-0.2, 0) is 0 Å². The third kappa shape index (κ3) is 2.66. The Hall–Kier alpha value is -1.23. The average molecular weight is 241 g/mol. The number of hydrogen-bond donors (Lipinski definition) is 2. The summed E-state index contributed by atoms with van der Waals surface area (Å²) in [6, 6.07) is 6.29. The molecule has 1 aromatic carbocycles. The Kier molecular flexibility index (Phi) is 3.33. The van der Waals surface area contributed by atoms with Gasteiger partial charge < -0.3 is 10.4 Å². The number of hydrogen-bond acceptors (Lipinski definition) is 2. The van der Waals surface area contributed by atoms with E-state index in [-0.39, 0.29) is 17.1 Å². The molecule has 0 heterocycles. The summed E-state index contributed by atoms with van der Waals surface area (Å²) >= 11 is 1.60. The van der Waals surface area contributed by atoms with Crippen molar-refractivity contribution in [2.75, 3.05) is 0 Å². The van der Waals surface area contributed by atoms with Crippen LogP contribution in [0.5, 0.6) is 0 Å². The van der Waals surface area contributed by atoms with Crippen molar-refractivity contribution in [1.29, 1.82) is 0 Å². The van der Waals surface area contributed by atoms with Crippen LogP contribution in [0.1, 0.15) is 12.8 Å². The van der Waals surface area contributed by atoms with Gasteiger partial charge in [-0.05, 0) is 37.1 Å². The average Bonchev–Trinajstić information content (AvgIpc) is 2.23. The van der Waals surface area contributed by atoms with Crippen molar-refractivity contribution in [3.8, 4) is 0 Å². The fourth-order valence-corrected chi connectivity index (χ4v) is 2.89. The minimum Gasteiger partial charge on any atom is -0.465 e. The first-order chi connectivity index (χ1) is 7.65. The first kappa shape index (κ1) is 11.3. The molecule has 2 N–H and O–H groups in total. The van der Waals surface area contributed by atoms with Crippen LogP contribution in [0.3, 0.4) is 0 Å². The summed E-state index contributed by atoms with van der Waals surface area (Å²) in [5.74, 6) is -0.252. The van der Waals surface area contributed by atoms with E-state index in [4.69, 9.17) is 5.11 Å². The van der Waals surface area contributed by atoms with Gasteiger partial charge in [0.2, 0.25) is 0 Å². The third-order valence-corrected chi connectivity index (χ3v) is 4.03. The minimum atomic E-state index is -0.977. The van der Waals surface area contributed by atoms with Crippen molar-refractivity contribution in [2.45, 2.75) is 29.0 Å². The zero-order chi connectivity index (χ0) is 11.5. The van der Waals surface area contributed by atoms with E-state index >= 15 is 0 Å². The van der Waals surface area contributed by atoms with Gasteiger partial charge in [-0.15, -0.1) is 11.8 Å². The van der Waals surface area contributed by atoms with Crippen LogP contribution in [-0.4, -0.2) is 22.5 Å². The number of thioether (sulfide) groups is 1. The molecule has 0 bridgehead atoms. The first-order valence-corrected chi connectivity index (χ1v) is 5.95. The minimum absolute atomic E-state index is 0.0209. The lowest BCUT2D eigenvalue weighted by atomic mass is 9.92. The summed E-state index contributed by atoms with van der Waals surface area (Å²) in [5.41, 5.74) is 0. The molecule has 0 saturated heterocycles. The topological polar surface area (TPSA) is 49.3 Å². The van der Waals surface area contributed by atoms with Crippen LogP contribution in [0.4, 0.5) is 9.18 Å². The Balaban J connectivity index is 1.90. The SMILES string of the molecule is O=C(O)NC1CCC1Sc1ccc(F)cc1. The van der Waals surface area contributed by atoms with Gasteiger partial charge in [-0.3, -0.25) is 0 Å². The molecule has 3 nitrogen and oxygen atoms in total. The molecular weight excluding hydrogens is 229 g/mol. The van der Waals surface area contributed by atoms with Gasteiger partial charge in [-0.2, -0.15) is 0 Å². The van der Waals surface area contributed by atoms with Crippen molar-refractivity contribution in [3.05, 3.63) is 30.1 Å². The van der Waals surface area contributed by atoms with Crippen molar-refractivity contribution in [3.63, 3.8) is 0 Å². The number of amides is 1. The molecule has 1 aliphatic carbocycles. The van der Waals surface area contributed by atoms with Crippen LogP contribution in [0, 0.1) is 5.82 Å². The number of halogens is 1. The molecule has 2 rings (SSSR count). The molecule has 2 unspecified atom stereocenters. The van der Waals surface area contributed by atoms with E-state index in [0.717, 1.165) is 17.7 Å². The fraction of sp³-hybridized carbons (Fsp3) is 0.364. The maximum absolute atomic E-state index is 12.7. The lowest BCUT2D eigenvalue weighted by Crippen LogP contribution is -2.48. The summed E-state index contributed by atoms with van der Waals surface area (Å²) in [6.45, 7) is 0. The highest BCUT2D eigenvalue weighted by atomic mass is 32.2. The quantitative estimate of drug-likeness (QED) is 0.855. The van der Waals surface area contributed by atoms with Gasteiger partial charge >= 0.3 is 6.09 Å². The van der Waals surface area contributed by atoms with Crippen LogP contribution in [0.15, 0.2) is 29.2 Å². The number of nitrogens with one attached hydrogen (secondary N) is 1. The number of carboxylic acid groups (broad SMARTS) is 1. The highest BCUT2D eigenvalue weighted by Gasteiger charge is 2.32. The highest BCUT2D eigenvalue weighted by Crippen LogP contribution is 2.36. The summed E-state index contributed by atoms with van der Waals surface area (Å²) in [6.07, 6.45) is 0.896. The largest absolute Gasteiger partial charge is 0.465 e. The lowest BCUT2D eigenvalue weighted by Gasteiger charge is -2.35. The summed E-state index contributed by atoms with van der Waals surface area (Å²) in [5, 5.41) is 11.3. The maximum Gasteiger partial charge on any atom is 0.404 e. The Bertz CT molecular complexity index is 382. The second-order valence-corrected chi connectivity index (χ2v) is 5.06. The molecule has 0 aromatic heterocycles. The van der Waals surface area contributed by atoms with Gasteiger partial charge in [0, 0.05) is 16.2 Å². The van der Waals surface area contributed by atoms with Gasteiger partial charge in [0.15, 0.2) is 0 Å². The summed E-state index contributed by atoms with van der Waals surface area (Å²) < 4.78 is 12.7. The van der Waals surface area contributed by atoms with Gasteiger partial charge in [0.05, 0.1) is 0 Å². The zero-order valence-electron chi connectivity index (χ0n) is 8.52. The van der Waals surface area contributed by atoms with Crippen molar-refractivity contribution in [1.82, 2.24) is 5.32 Å². The molecule has 2 atom stereocenters. The van der Waals surface area contributed by atoms with Crippen LogP contribution < -0.4 is 5.32 Å². The van der Waals surface area contributed by atoms with E-state index in [1.54, 1.807) is 23.9 Å². The fourth-order valence-electron chi connectivity index (χ4n) is 1.62. The molecular formula is C11H12FNO2S. The molecule has 16 heavy (non-hydrogen) atoms. The van der Waals surface area contributed by atoms with Crippen molar-refractivity contribution in [2.24, 2.45) is 0 Å². The number of rotatable bonds is 3. The Morgan fingerprint density at radius 2 is 2.06 bits per heavy atom. The van der Waals surface area contributed by atoms with E-state index in [9.17, 15) is 9.18 Å². The zero-order valence-corrected chi connectivity index (χ0v) is 9.34. The van der Waals surface area contributed by atoms with E-state index in [2.05, 4.69) is 5.32 Å². The standard InChI is InChI=1S/C11H12FNO2S/c12-7-1-3-8(4-2-7)16-10-6-5-9(10)13-11(14)15/h1-4,9-10,13H,5-6H2,(H,14,15). The number of benzene rings is 1. The van der Waals surface area contributed by atoms with Gasteiger partial charge in [0.1, 0.15) is 5.82 Å². The molecule has 1 aromatic rings. The van der Waals surface area contributed by atoms with Crippen molar-refractivity contribution >= 4 is 17.9 Å². The molecule has 1 amide bonds. The monoisotopic (exact) mass is 241 g/mol. The maximum atomic E-state index is 12.7. The molecule has 1 aliphatic rings. The third-order valence-electron chi connectivity index (χ3n) is 2.62. The smallest absolute Gasteiger partial charge is 0.404 e. The van der Waals surface area contributed by atoms with Crippen LogP contribution >= 0.6 is 11.8 Å². The number of carbonyl (C=O) groups is 1. The Morgan fingerprint density at radius 1 is 1.38 bits per heavy atom. The molecule has 1 fully saturated rings.